The number of aromatic amines is 1. The van der Waals surface area contributed by atoms with E-state index < -0.39 is 12.0 Å². The fraction of sp³-hybridized carbons (Fsp3) is 0.160. The third-order valence-electron chi connectivity index (χ3n) is 5.26. The number of aromatic nitrogens is 1. The van der Waals surface area contributed by atoms with Gasteiger partial charge in [-0.2, -0.15) is 0 Å². The summed E-state index contributed by atoms with van der Waals surface area (Å²) in [6.45, 7) is 1.85. The van der Waals surface area contributed by atoms with Gasteiger partial charge in [0, 0.05) is 31.2 Å². The normalized spacial score (nSPS) is 12.3. The van der Waals surface area contributed by atoms with Crippen molar-refractivity contribution in [3.8, 4) is 0 Å². The number of aliphatic hydroxyl groups excluding tert-OH is 1. The minimum atomic E-state index is -0.755. The number of benzene rings is 3. The topological polar surface area (TPSA) is 82.3 Å². The molecule has 4 N–H and O–H groups in total. The Hall–Kier alpha value is -3.41. The number of rotatable bonds is 8. The second-order valence-corrected chi connectivity index (χ2v) is 7.53. The number of carbonyl (C=O) groups excluding carboxylic acids is 1. The van der Waals surface area contributed by atoms with Crippen molar-refractivity contribution in [2.45, 2.75) is 19.2 Å². The Morgan fingerprint density at radius 2 is 1.53 bits per heavy atom. The van der Waals surface area contributed by atoms with E-state index in [0.717, 1.165) is 5.39 Å². The average molecular weight is 399 g/mol. The zero-order chi connectivity index (χ0) is 20.9. The summed E-state index contributed by atoms with van der Waals surface area (Å²) in [5, 5.41) is 11.9. The van der Waals surface area contributed by atoms with Crippen LogP contribution in [0.4, 0.5) is 0 Å². The van der Waals surface area contributed by atoms with Crippen LogP contribution in [0.5, 0.6) is 0 Å². The molecular weight excluding hydrogens is 374 g/mol. The quantitative estimate of drug-likeness (QED) is 0.419. The van der Waals surface area contributed by atoms with Crippen molar-refractivity contribution in [3.05, 3.63) is 107 Å². The van der Waals surface area contributed by atoms with Crippen molar-refractivity contribution >= 4 is 16.8 Å². The van der Waals surface area contributed by atoms with E-state index in [0.29, 0.717) is 36.3 Å². The molecule has 152 valence electrons. The lowest BCUT2D eigenvalue weighted by molar-refractivity contribution is 0.0998. The molecule has 0 saturated heterocycles. The largest absolute Gasteiger partial charge is 0.387 e. The SMILES string of the molecule is NC(=O)c1cc(C(O)CN(Cc2ccccc2)Cc2ccccc2)cc2cc[nH]c12. The maximum Gasteiger partial charge on any atom is 0.250 e. The lowest BCUT2D eigenvalue weighted by Crippen LogP contribution is -2.28. The summed E-state index contributed by atoms with van der Waals surface area (Å²) >= 11 is 0. The molecule has 3 aromatic carbocycles. The van der Waals surface area contributed by atoms with Crippen molar-refractivity contribution in [2.24, 2.45) is 5.73 Å². The maximum absolute atomic E-state index is 11.9. The van der Waals surface area contributed by atoms with Gasteiger partial charge in [0.25, 0.3) is 5.91 Å². The molecule has 0 aliphatic rings. The number of nitrogens with two attached hydrogens (primary N) is 1. The fourth-order valence-corrected chi connectivity index (χ4v) is 3.80. The van der Waals surface area contributed by atoms with Crippen LogP contribution in [-0.4, -0.2) is 27.4 Å². The predicted molar refractivity (Wildman–Crippen MR) is 119 cm³/mol. The maximum atomic E-state index is 11.9. The Kier molecular flexibility index (Phi) is 5.93. The smallest absolute Gasteiger partial charge is 0.250 e. The molecule has 0 saturated carbocycles. The third-order valence-corrected chi connectivity index (χ3v) is 5.26. The minimum Gasteiger partial charge on any atom is -0.387 e. The van der Waals surface area contributed by atoms with Gasteiger partial charge in [-0.15, -0.1) is 0 Å². The van der Waals surface area contributed by atoms with Gasteiger partial charge in [0.05, 0.1) is 17.2 Å². The van der Waals surface area contributed by atoms with Gasteiger partial charge in [0.1, 0.15) is 0 Å². The standard InChI is InChI=1S/C25H25N3O2/c26-25(30)22-14-21(13-20-11-12-27-24(20)22)23(29)17-28(15-18-7-3-1-4-8-18)16-19-9-5-2-6-10-19/h1-14,23,27,29H,15-17H2,(H2,26,30). The van der Waals surface area contributed by atoms with Crippen LogP contribution in [0.1, 0.15) is 33.2 Å². The van der Waals surface area contributed by atoms with Gasteiger partial charge in [0.2, 0.25) is 0 Å². The molecule has 0 aliphatic carbocycles. The van der Waals surface area contributed by atoms with Crippen LogP contribution in [0.2, 0.25) is 0 Å². The summed E-state index contributed by atoms with van der Waals surface area (Å²) in [7, 11) is 0. The molecule has 0 fully saturated rings. The van der Waals surface area contributed by atoms with Crippen LogP contribution in [0.25, 0.3) is 10.9 Å². The van der Waals surface area contributed by atoms with Crippen molar-refractivity contribution in [3.63, 3.8) is 0 Å². The van der Waals surface area contributed by atoms with Gasteiger partial charge in [-0.3, -0.25) is 9.69 Å². The van der Waals surface area contributed by atoms with Gasteiger partial charge in [-0.05, 0) is 34.9 Å². The van der Waals surface area contributed by atoms with Crippen molar-refractivity contribution in [2.75, 3.05) is 6.54 Å². The van der Waals surface area contributed by atoms with Gasteiger partial charge in [-0.1, -0.05) is 60.7 Å². The highest BCUT2D eigenvalue weighted by atomic mass is 16.3. The number of fused-ring (bicyclic) bond motifs is 1. The second kappa shape index (κ2) is 8.95. The zero-order valence-electron chi connectivity index (χ0n) is 16.7. The summed E-state index contributed by atoms with van der Waals surface area (Å²) in [5.74, 6) is -0.512. The Morgan fingerprint density at radius 1 is 0.933 bits per heavy atom. The molecule has 1 unspecified atom stereocenters. The molecule has 1 heterocycles. The number of aliphatic hydroxyl groups is 1. The van der Waals surface area contributed by atoms with E-state index in [4.69, 9.17) is 5.73 Å². The number of hydrogen-bond donors (Lipinski definition) is 3. The first-order valence-corrected chi connectivity index (χ1v) is 9.99. The van der Waals surface area contributed by atoms with E-state index in [1.165, 1.54) is 11.1 Å². The summed E-state index contributed by atoms with van der Waals surface area (Å²) in [6.07, 6.45) is 1.01. The highest BCUT2D eigenvalue weighted by molar-refractivity contribution is 6.05. The number of H-pyrrole nitrogens is 1. The summed E-state index contributed by atoms with van der Waals surface area (Å²) in [5.41, 5.74) is 9.70. The Balaban J connectivity index is 1.60. The first kappa shape index (κ1) is 19.9. The molecule has 4 rings (SSSR count). The molecule has 0 bridgehead atoms. The molecule has 30 heavy (non-hydrogen) atoms. The van der Waals surface area contributed by atoms with Gasteiger partial charge in [0.15, 0.2) is 0 Å². The van der Waals surface area contributed by atoms with E-state index in [-0.39, 0.29) is 0 Å². The summed E-state index contributed by atoms with van der Waals surface area (Å²) < 4.78 is 0. The fourth-order valence-electron chi connectivity index (χ4n) is 3.80. The van der Waals surface area contributed by atoms with Crippen LogP contribution >= 0.6 is 0 Å². The monoisotopic (exact) mass is 399 g/mol. The molecular formula is C25H25N3O2. The van der Waals surface area contributed by atoms with E-state index >= 15 is 0 Å². The molecule has 5 heteroatoms. The summed E-state index contributed by atoms with van der Waals surface area (Å²) in [6, 6.07) is 25.9. The van der Waals surface area contributed by atoms with Gasteiger partial charge >= 0.3 is 0 Å². The lowest BCUT2D eigenvalue weighted by atomic mass is 10.0. The second-order valence-electron chi connectivity index (χ2n) is 7.53. The zero-order valence-corrected chi connectivity index (χ0v) is 16.7. The molecule has 1 atom stereocenters. The first-order chi connectivity index (χ1) is 14.6. The van der Waals surface area contributed by atoms with Gasteiger partial charge < -0.3 is 15.8 Å². The van der Waals surface area contributed by atoms with Crippen LogP contribution in [0, 0.1) is 0 Å². The van der Waals surface area contributed by atoms with Crippen molar-refractivity contribution in [1.82, 2.24) is 9.88 Å². The average Bonchev–Trinajstić information content (AvgIpc) is 3.23. The highest BCUT2D eigenvalue weighted by Gasteiger charge is 2.18. The summed E-state index contributed by atoms with van der Waals surface area (Å²) in [4.78, 5) is 17.2. The van der Waals surface area contributed by atoms with Crippen molar-refractivity contribution < 1.29 is 9.90 Å². The molecule has 1 amide bonds. The van der Waals surface area contributed by atoms with Crippen LogP contribution in [0.3, 0.4) is 0 Å². The highest BCUT2D eigenvalue weighted by Crippen LogP contribution is 2.25. The number of nitrogens with one attached hydrogen (secondary N) is 1. The Labute approximate surface area is 175 Å². The van der Waals surface area contributed by atoms with Crippen molar-refractivity contribution in [1.29, 1.82) is 0 Å². The molecule has 0 aliphatic heterocycles. The number of nitrogens with zero attached hydrogens (tertiary/aromatic N) is 1. The lowest BCUT2D eigenvalue weighted by Gasteiger charge is -2.26. The minimum absolute atomic E-state index is 0.393. The number of hydrogen-bond acceptors (Lipinski definition) is 3. The van der Waals surface area contributed by atoms with Crippen LogP contribution in [-0.2, 0) is 13.1 Å². The third kappa shape index (κ3) is 4.59. The van der Waals surface area contributed by atoms with Crippen LogP contribution in [0.15, 0.2) is 85.1 Å². The molecule has 1 aromatic heterocycles. The van der Waals surface area contributed by atoms with Gasteiger partial charge in [-0.25, -0.2) is 0 Å². The van der Waals surface area contributed by atoms with Crippen LogP contribution < -0.4 is 5.73 Å². The number of primary amides is 1. The predicted octanol–water partition coefficient (Wildman–Crippen LogP) is 4.00. The molecule has 5 nitrogen and oxygen atoms in total. The number of carbonyl (C=O) groups is 1. The van der Waals surface area contributed by atoms with E-state index in [1.807, 2.05) is 48.5 Å². The molecule has 0 radical (unpaired) electrons. The number of amides is 1. The first-order valence-electron chi connectivity index (χ1n) is 9.99. The van der Waals surface area contributed by atoms with E-state index in [2.05, 4.69) is 34.1 Å². The van der Waals surface area contributed by atoms with E-state index in [9.17, 15) is 9.90 Å². The molecule has 0 spiro atoms. The Bertz CT molecular complexity index is 1080. The van der Waals surface area contributed by atoms with E-state index in [1.54, 1.807) is 12.3 Å². The Morgan fingerprint density at radius 3 is 2.10 bits per heavy atom. The molecule has 4 aromatic rings.